The lowest BCUT2D eigenvalue weighted by molar-refractivity contribution is -0.148. The second-order valence-corrected chi connectivity index (χ2v) is 3.91. The van der Waals surface area contributed by atoms with E-state index < -0.39 is 23.5 Å². The summed E-state index contributed by atoms with van der Waals surface area (Å²) in [5.41, 5.74) is 1.02. The summed E-state index contributed by atoms with van der Waals surface area (Å²) in [6, 6.07) is 1.59. The Hall–Kier alpha value is -2.04. The third-order valence-electron chi connectivity index (χ3n) is 2.35. The van der Waals surface area contributed by atoms with E-state index in [4.69, 9.17) is 4.74 Å². The van der Waals surface area contributed by atoms with Crippen molar-refractivity contribution >= 4 is 17.5 Å². The van der Waals surface area contributed by atoms with Crippen LogP contribution in [0.3, 0.4) is 0 Å². The van der Waals surface area contributed by atoms with Crippen molar-refractivity contribution < 1.29 is 19.1 Å². The fourth-order valence-electron chi connectivity index (χ4n) is 1.54. The van der Waals surface area contributed by atoms with E-state index in [9.17, 15) is 14.4 Å². The minimum absolute atomic E-state index is 0.127. The number of ketones is 2. The van der Waals surface area contributed by atoms with Crippen molar-refractivity contribution in [1.29, 1.82) is 0 Å². The molecular weight excluding hydrogens is 234 g/mol. The van der Waals surface area contributed by atoms with E-state index >= 15 is 0 Å². The number of aryl methyl sites for hydroxylation is 1. The molecule has 1 unspecified atom stereocenters. The fraction of sp³-hybridized carbons (Fsp3) is 0.385. The van der Waals surface area contributed by atoms with Crippen LogP contribution in [0.1, 0.15) is 29.8 Å². The molecule has 1 aromatic heterocycles. The van der Waals surface area contributed by atoms with E-state index in [1.807, 2.05) is 0 Å². The molecule has 0 amide bonds. The Morgan fingerprint density at radius 2 is 2.00 bits per heavy atom. The van der Waals surface area contributed by atoms with Gasteiger partial charge in [0.2, 0.25) is 0 Å². The number of esters is 1. The number of carbonyl (C=O) groups excluding carboxylic acids is 3. The van der Waals surface area contributed by atoms with Crippen LogP contribution in [-0.2, 0) is 14.3 Å². The summed E-state index contributed by atoms with van der Waals surface area (Å²) in [5.74, 6) is -3.30. The zero-order chi connectivity index (χ0) is 13.7. The molecule has 0 aliphatic heterocycles. The summed E-state index contributed by atoms with van der Waals surface area (Å²) in [6.45, 7) is 4.72. The highest BCUT2D eigenvalue weighted by atomic mass is 16.5. The highest BCUT2D eigenvalue weighted by molar-refractivity contribution is 6.21. The number of hydrogen-bond acceptors (Lipinski definition) is 5. The van der Waals surface area contributed by atoms with Crippen LogP contribution < -0.4 is 0 Å². The number of pyridine rings is 1. The lowest BCUT2D eigenvalue weighted by Crippen LogP contribution is -2.32. The molecule has 5 nitrogen and oxygen atoms in total. The Morgan fingerprint density at radius 1 is 1.33 bits per heavy atom. The Balaban J connectivity index is 3.04. The average molecular weight is 249 g/mol. The summed E-state index contributed by atoms with van der Waals surface area (Å²) >= 11 is 0. The van der Waals surface area contributed by atoms with Gasteiger partial charge in [-0.05, 0) is 32.4 Å². The smallest absolute Gasteiger partial charge is 0.324 e. The number of nitrogens with zero attached hydrogens (tertiary/aromatic N) is 1. The van der Waals surface area contributed by atoms with E-state index in [1.54, 1.807) is 26.1 Å². The SMILES string of the molecule is CCOC(=O)C(C(C)=O)C(=O)c1cncc(C)c1. The lowest BCUT2D eigenvalue weighted by atomic mass is 9.95. The van der Waals surface area contributed by atoms with E-state index in [1.165, 1.54) is 13.1 Å². The Kier molecular flexibility index (Phi) is 4.71. The predicted molar refractivity (Wildman–Crippen MR) is 64.1 cm³/mol. The number of Topliss-reactive ketones (excluding diaryl/α,β-unsaturated/α-hetero) is 2. The van der Waals surface area contributed by atoms with Crippen molar-refractivity contribution in [2.75, 3.05) is 6.61 Å². The molecule has 0 spiro atoms. The first-order chi connectivity index (χ1) is 8.47. The van der Waals surface area contributed by atoms with Crippen LogP contribution in [0.2, 0.25) is 0 Å². The molecule has 1 heterocycles. The third-order valence-corrected chi connectivity index (χ3v) is 2.35. The topological polar surface area (TPSA) is 73.3 Å². The molecule has 1 atom stereocenters. The summed E-state index contributed by atoms with van der Waals surface area (Å²) in [5, 5.41) is 0. The van der Waals surface area contributed by atoms with Crippen molar-refractivity contribution in [1.82, 2.24) is 4.98 Å². The molecule has 0 fully saturated rings. The van der Waals surface area contributed by atoms with E-state index in [-0.39, 0.29) is 12.2 Å². The van der Waals surface area contributed by atoms with Gasteiger partial charge < -0.3 is 4.74 Å². The van der Waals surface area contributed by atoms with E-state index in [0.717, 1.165) is 5.56 Å². The Labute approximate surface area is 105 Å². The van der Waals surface area contributed by atoms with Crippen molar-refractivity contribution in [3.05, 3.63) is 29.6 Å². The first-order valence-electron chi connectivity index (χ1n) is 5.60. The van der Waals surface area contributed by atoms with Gasteiger partial charge in [-0.25, -0.2) is 0 Å². The molecule has 0 saturated carbocycles. The van der Waals surface area contributed by atoms with Gasteiger partial charge in [0.15, 0.2) is 17.5 Å². The molecule has 0 aromatic carbocycles. The van der Waals surface area contributed by atoms with Crippen LogP contribution >= 0.6 is 0 Å². The molecule has 0 radical (unpaired) electrons. The molecule has 0 saturated heterocycles. The zero-order valence-corrected chi connectivity index (χ0v) is 10.6. The molecule has 96 valence electrons. The highest BCUT2D eigenvalue weighted by Crippen LogP contribution is 2.12. The van der Waals surface area contributed by atoms with Crippen molar-refractivity contribution in [2.45, 2.75) is 20.8 Å². The number of rotatable bonds is 5. The summed E-state index contributed by atoms with van der Waals surface area (Å²) in [4.78, 5) is 39.0. The molecule has 0 bridgehead atoms. The standard InChI is InChI=1S/C13H15NO4/c1-4-18-13(17)11(9(3)15)12(16)10-5-8(2)6-14-7-10/h5-7,11H,4H2,1-3H3. The van der Waals surface area contributed by atoms with Crippen LogP contribution in [0.25, 0.3) is 0 Å². The van der Waals surface area contributed by atoms with Crippen LogP contribution in [0.5, 0.6) is 0 Å². The number of aromatic nitrogens is 1. The normalized spacial score (nSPS) is 11.7. The van der Waals surface area contributed by atoms with Gasteiger partial charge >= 0.3 is 5.97 Å². The number of carbonyl (C=O) groups is 3. The summed E-state index contributed by atoms with van der Waals surface area (Å²) in [7, 11) is 0. The van der Waals surface area contributed by atoms with E-state index in [0.29, 0.717) is 0 Å². The second-order valence-electron chi connectivity index (χ2n) is 3.91. The molecular formula is C13H15NO4. The number of hydrogen-bond donors (Lipinski definition) is 0. The van der Waals surface area contributed by atoms with Crippen molar-refractivity contribution in [2.24, 2.45) is 5.92 Å². The zero-order valence-electron chi connectivity index (χ0n) is 10.6. The van der Waals surface area contributed by atoms with Gasteiger partial charge in [-0.1, -0.05) is 0 Å². The molecule has 0 aliphatic rings. The van der Waals surface area contributed by atoms with Gasteiger partial charge in [-0.3, -0.25) is 19.4 Å². The fourth-order valence-corrected chi connectivity index (χ4v) is 1.54. The lowest BCUT2D eigenvalue weighted by Gasteiger charge is -2.11. The minimum atomic E-state index is -1.39. The van der Waals surface area contributed by atoms with Gasteiger partial charge in [0.1, 0.15) is 0 Å². The van der Waals surface area contributed by atoms with Gasteiger partial charge in [0, 0.05) is 18.0 Å². The molecule has 1 rings (SSSR count). The van der Waals surface area contributed by atoms with Crippen LogP contribution in [0.15, 0.2) is 18.5 Å². The first kappa shape index (κ1) is 14.0. The maximum Gasteiger partial charge on any atom is 0.324 e. The molecule has 0 N–H and O–H groups in total. The Bertz CT molecular complexity index is 482. The average Bonchev–Trinajstić information content (AvgIpc) is 2.28. The molecule has 18 heavy (non-hydrogen) atoms. The maximum atomic E-state index is 12.1. The monoisotopic (exact) mass is 249 g/mol. The van der Waals surface area contributed by atoms with Crippen molar-refractivity contribution in [3.8, 4) is 0 Å². The first-order valence-corrected chi connectivity index (χ1v) is 5.60. The van der Waals surface area contributed by atoms with Gasteiger partial charge in [0.05, 0.1) is 6.61 Å². The third kappa shape index (κ3) is 3.23. The highest BCUT2D eigenvalue weighted by Gasteiger charge is 2.33. The Morgan fingerprint density at radius 3 is 2.50 bits per heavy atom. The molecule has 0 aliphatic carbocycles. The largest absolute Gasteiger partial charge is 0.465 e. The van der Waals surface area contributed by atoms with Crippen LogP contribution in [0, 0.1) is 12.8 Å². The van der Waals surface area contributed by atoms with Crippen molar-refractivity contribution in [3.63, 3.8) is 0 Å². The van der Waals surface area contributed by atoms with Crippen LogP contribution in [0.4, 0.5) is 0 Å². The predicted octanol–water partition coefficient (Wildman–Crippen LogP) is 1.34. The van der Waals surface area contributed by atoms with Crippen LogP contribution in [-0.4, -0.2) is 29.1 Å². The van der Waals surface area contributed by atoms with Gasteiger partial charge in [0.25, 0.3) is 0 Å². The molecule has 1 aromatic rings. The second kappa shape index (κ2) is 6.05. The van der Waals surface area contributed by atoms with E-state index in [2.05, 4.69) is 4.98 Å². The summed E-state index contributed by atoms with van der Waals surface area (Å²) < 4.78 is 4.74. The maximum absolute atomic E-state index is 12.1. The molecule has 5 heteroatoms. The minimum Gasteiger partial charge on any atom is -0.465 e. The quantitative estimate of drug-likeness (QED) is 0.447. The van der Waals surface area contributed by atoms with Gasteiger partial charge in [-0.15, -0.1) is 0 Å². The van der Waals surface area contributed by atoms with Gasteiger partial charge in [-0.2, -0.15) is 0 Å². The number of ether oxygens (including phenoxy) is 1. The summed E-state index contributed by atoms with van der Waals surface area (Å²) in [6.07, 6.45) is 2.93.